The summed E-state index contributed by atoms with van der Waals surface area (Å²) in [6.07, 6.45) is 0. The molecule has 0 saturated heterocycles. The average molecular weight is 366 g/mol. The van der Waals surface area contributed by atoms with Gasteiger partial charge in [0.1, 0.15) is 0 Å². The predicted octanol–water partition coefficient (Wildman–Crippen LogP) is 6.58. The lowest BCUT2D eigenvalue weighted by atomic mass is 9.86. The molecule has 0 radical (unpaired) electrons. The summed E-state index contributed by atoms with van der Waals surface area (Å²) >= 11 is 0. The summed E-state index contributed by atoms with van der Waals surface area (Å²) in [7, 11) is 1.43. The zero-order valence-corrected chi connectivity index (χ0v) is 16.3. The third-order valence-electron chi connectivity index (χ3n) is 5.14. The Labute approximate surface area is 165 Å². The monoisotopic (exact) mass is 366 g/mol. The van der Waals surface area contributed by atoms with Crippen molar-refractivity contribution in [2.75, 3.05) is 7.11 Å². The minimum Gasteiger partial charge on any atom is -0.465 e. The fraction of sp³-hybridized carbons (Fsp3) is 0.115. The van der Waals surface area contributed by atoms with Crippen molar-refractivity contribution < 1.29 is 9.53 Å². The first-order chi connectivity index (χ1) is 13.6. The van der Waals surface area contributed by atoms with Crippen LogP contribution in [0.25, 0.3) is 33.0 Å². The predicted molar refractivity (Wildman–Crippen MR) is 116 cm³/mol. The molecule has 0 aliphatic carbocycles. The second-order valence-electron chi connectivity index (χ2n) is 7.12. The normalized spacial score (nSPS) is 10.8. The molecular weight excluding hydrogens is 344 g/mol. The van der Waals surface area contributed by atoms with E-state index in [4.69, 9.17) is 4.74 Å². The molecule has 138 valence electrons. The SMILES string of the molecule is COC(=O)c1cc2ccccc2c(-c2ccc(C)cc2)c1-c1ccc(C)cc1. The second-order valence-corrected chi connectivity index (χ2v) is 7.12. The zero-order chi connectivity index (χ0) is 19.7. The van der Waals surface area contributed by atoms with E-state index in [1.54, 1.807) is 0 Å². The molecule has 0 heterocycles. The van der Waals surface area contributed by atoms with Crippen molar-refractivity contribution in [2.45, 2.75) is 13.8 Å². The molecule has 0 atom stereocenters. The molecule has 0 aliphatic rings. The third kappa shape index (κ3) is 3.18. The number of methoxy groups -OCH3 is 1. The maximum Gasteiger partial charge on any atom is 0.338 e. The van der Waals surface area contributed by atoms with Crippen LogP contribution in [0.3, 0.4) is 0 Å². The molecule has 4 aromatic rings. The van der Waals surface area contributed by atoms with E-state index in [1.165, 1.54) is 18.2 Å². The molecule has 0 bridgehead atoms. The van der Waals surface area contributed by atoms with Gasteiger partial charge in [0.15, 0.2) is 0 Å². The van der Waals surface area contributed by atoms with E-state index in [9.17, 15) is 4.79 Å². The molecule has 0 N–H and O–H groups in total. The third-order valence-corrected chi connectivity index (χ3v) is 5.14. The number of benzene rings is 4. The van der Waals surface area contributed by atoms with Gasteiger partial charge >= 0.3 is 5.97 Å². The molecule has 0 spiro atoms. The van der Waals surface area contributed by atoms with Crippen molar-refractivity contribution in [3.8, 4) is 22.3 Å². The molecule has 0 fully saturated rings. The smallest absolute Gasteiger partial charge is 0.338 e. The highest BCUT2D eigenvalue weighted by Crippen LogP contribution is 2.41. The Kier molecular flexibility index (Phi) is 4.70. The van der Waals surface area contributed by atoms with Gasteiger partial charge in [0.25, 0.3) is 0 Å². The van der Waals surface area contributed by atoms with E-state index >= 15 is 0 Å². The topological polar surface area (TPSA) is 26.3 Å². The maximum atomic E-state index is 12.7. The van der Waals surface area contributed by atoms with E-state index in [1.807, 2.05) is 24.3 Å². The van der Waals surface area contributed by atoms with E-state index < -0.39 is 0 Å². The minimum absolute atomic E-state index is 0.324. The highest BCUT2D eigenvalue weighted by Gasteiger charge is 2.21. The highest BCUT2D eigenvalue weighted by atomic mass is 16.5. The molecule has 28 heavy (non-hydrogen) atoms. The van der Waals surface area contributed by atoms with Gasteiger partial charge in [-0.3, -0.25) is 0 Å². The molecule has 0 aliphatic heterocycles. The van der Waals surface area contributed by atoms with Gasteiger partial charge in [-0.25, -0.2) is 4.79 Å². The molecule has 2 heteroatoms. The summed E-state index contributed by atoms with van der Waals surface area (Å²) in [5.74, 6) is -0.324. The van der Waals surface area contributed by atoms with Gasteiger partial charge in [0, 0.05) is 5.56 Å². The standard InChI is InChI=1S/C26H22O2/c1-17-8-12-19(13-9-17)24-22-7-5-4-6-21(22)16-23(26(27)28-3)25(24)20-14-10-18(2)11-15-20/h4-16H,1-3H3. The average Bonchev–Trinajstić information content (AvgIpc) is 2.73. The zero-order valence-electron chi connectivity index (χ0n) is 16.3. The summed E-state index contributed by atoms with van der Waals surface area (Å²) in [5, 5.41) is 2.14. The molecule has 4 rings (SSSR count). The number of hydrogen-bond acceptors (Lipinski definition) is 2. The number of esters is 1. The van der Waals surface area contributed by atoms with Gasteiger partial charge < -0.3 is 4.74 Å². The molecule has 4 aromatic carbocycles. The molecule has 0 aromatic heterocycles. The number of hydrogen-bond donors (Lipinski definition) is 0. The van der Waals surface area contributed by atoms with Crippen LogP contribution in [-0.2, 0) is 4.74 Å². The molecule has 2 nitrogen and oxygen atoms in total. The molecular formula is C26H22O2. The van der Waals surface area contributed by atoms with E-state index in [-0.39, 0.29) is 5.97 Å². The Hall–Kier alpha value is -3.39. The quantitative estimate of drug-likeness (QED) is 0.383. The van der Waals surface area contributed by atoms with Crippen molar-refractivity contribution in [3.63, 3.8) is 0 Å². The van der Waals surface area contributed by atoms with Crippen molar-refractivity contribution in [1.82, 2.24) is 0 Å². The summed E-state index contributed by atoms with van der Waals surface area (Å²) < 4.78 is 5.14. The molecule has 0 unspecified atom stereocenters. The Morgan fingerprint density at radius 2 is 1.25 bits per heavy atom. The van der Waals surface area contributed by atoms with Crippen molar-refractivity contribution in [2.24, 2.45) is 0 Å². The van der Waals surface area contributed by atoms with Crippen LogP contribution >= 0.6 is 0 Å². The van der Waals surface area contributed by atoms with Gasteiger partial charge in [0.2, 0.25) is 0 Å². The van der Waals surface area contributed by atoms with E-state index in [0.717, 1.165) is 33.0 Å². The Balaban J connectivity index is 2.16. The first-order valence-electron chi connectivity index (χ1n) is 9.36. The Morgan fingerprint density at radius 1 is 0.714 bits per heavy atom. The van der Waals surface area contributed by atoms with Gasteiger partial charge in [-0.2, -0.15) is 0 Å². The number of ether oxygens (including phenoxy) is 1. The highest BCUT2D eigenvalue weighted by molar-refractivity contribution is 6.12. The summed E-state index contributed by atoms with van der Waals surface area (Å²) in [6.45, 7) is 4.14. The van der Waals surface area contributed by atoms with Crippen molar-refractivity contribution in [1.29, 1.82) is 0 Å². The summed E-state index contributed by atoms with van der Waals surface area (Å²) in [6, 6.07) is 26.9. The van der Waals surface area contributed by atoms with Crippen molar-refractivity contribution in [3.05, 3.63) is 95.6 Å². The van der Waals surface area contributed by atoms with Crippen LogP contribution in [0.1, 0.15) is 21.5 Å². The summed E-state index contributed by atoms with van der Waals surface area (Å²) in [5.41, 5.74) is 7.03. The Bertz CT molecular complexity index is 1150. The van der Waals surface area contributed by atoms with Gasteiger partial charge in [-0.15, -0.1) is 0 Å². The minimum atomic E-state index is -0.324. The first-order valence-corrected chi connectivity index (χ1v) is 9.36. The largest absolute Gasteiger partial charge is 0.465 e. The van der Waals surface area contributed by atoms with Crippen LogP contribution in [0.5, 0.6) is 0 Å². The molecule has 0 amide bonds. The van der Waals surface area contributed by atoms with Crippen LogP contribution in [0.15, 0.2) is 78.9 Å². The van der Waals surface area contributed by atoms with Crippen LogP contribution in [0, 0.1) is 13.8 Å². The number of rotatable bonds is 3. The fourth-order valence-electron chi connectivity index (χ4n) is 3.66. The lowest BCUT2D eigenvalue weighted by molar-refractivity contribution is 0.0602. The number of aryl methyl sites for hydroxylation is 2. The van der Waals surface area contributed by atoms with E-state index in [2.05, 4.69) is 68.4 Å². The fourth-order valence-corrected chi connectivity index (χ4v) is 3.66. The number of carbonyl (C=O) groups is 1. The van der Waals surface area contributed by atoms with Crippen LogP contribution in [-0.4, -0.2) is 13.1 Å². The van der Waals surface area contributed by atoms with E-state index in [0.29, 0.717) is 5.56 Å². The summed E-state index contributed by atoms with van der Waals surface area (Å²) in [4.78, 5) is 12.7. The van der Waals surface area contributed by atoms with Gasteiger partial charge in [-0.05, 0) is 47.4 Å². The van der Waals surface area contributed by atoms with Crippen LogP contribution < -0.4 is 0 Å². The van der Waals surface area contributed by atoms with Crippen molar-refractivity contribution >= 4 is 16.7 Å². The lowest BCUT2D eigenvalue weighted by Gasteiger charge is -2.18. The van der Waals surface area contributed by atoms with Crippen LogP contribution in [0.4, 0.5) is 0 Å². The first kappa shape index (κ1) is 18.0. The number of fused-ring (bicyclic) bond motifs is 1. The number of carbonyl (C=O) groups excluding carboxylic acids is 1. The second kappa shape index (κ2) is 7.32. The van der Waals surface area contributed by atoms with Gasteiger partial charge in [-0.1, -0.05) is 83.9 Å². The van der Waals surface area contributed by atoms with Gasteiger partial charge in [0.05, 0.1) is 12.7 Å². The Morgan fingerprint density at radius 3 is 1.82 bits per heavy atom. The van der Waals surface area contributed by atoms with Crippen LogP contribution in [0.2, 0.25) is 0 Å². The lowest BCUT2D eigenvalue weighted by Crippen LogP contribution is -2.05. The maximum absolute atomic E-state index is 12.7. The molecule has 0 saturated carbocycles.